The number of aromatic amines is 1. The van der Waals surface area contributed by atoms with Crippen molar-refractivity contribution in [2.75, 3.05) is 18.0 Å². The number of anilines is 1. The Labute approximate surface area is 169 Å². The van der Waals surface area contributed by atoms with Gasteiger partial charge in [-0.3, -0.25) is 14.7 Å². The molecule has 2 aliphatic heterocycles. The predicted molar refractivity (Wildman–Crippen MR) is 110 cm³/mol. The van der Waals surface area contributed by atoms with Crippen LogP contribution in [0.3, 0.4) is 0 Å². The van der Waals surface area contributed by atoms with Crippen LogP contribution in [0.15, 0.2) is 23.0 Å². The van der Waals surface area contributed by atoms with E-state index < -0.39 is 0 Å². The van der Waals surface area contributed by atoms with Gasteiger partial charge in [-0.2, -0.15) is 0 Å². The van der Waals surface area contributed by atoms with Gasteiger partial charge in [0.25, 0.3) is 5.56 Å². The summed E-state index contributed by atoms with van der Waals surface area (Å²) in [7, 11) is 0. The molecule has 2 aromatic rings. The zero-order valence-corrected chi connectivity index (χ0v) is 17.0. The quantitative estimate of drug-likeness (QED) is 0.836. The third kappa shape index (κ3) is 4.00. The van der Waals surface area contributed by atoms with Crippen molar-refractivity contribution in [1.82, 2.24) is 14.9 Å². The van der Waals surface area contributed by atoms with E-state index in [-0.39, 0.29) is 5.56 Å². The standard InChI is InChI=1S/C20H24Cl2N4O/c1-13-4-2-3-8-26(13)20-23-18-12-25(9-7-15(18)19(27)24-20)11-14-5-6-16(21)17(22)10-14/h5-6,10,13H,2-4,7-9,11-12H2,1H3,(H,23,24,27)/t13-/m0/s1. The van der Waals surface area contributed by atoms with Crippen LogP contribution in [-0.2, 0) is 19.5 Å². The van der Waals surface area contributed by atoms with Crippen molar-refractivity contribution in [3.05, 3.63) is 55.4 Å². The highest BCUT2D eigenvalue weighted by Crippen LogP contribution is 2.26. The molecular formula is C20H24Cl2N4O. The third-order valence-electron chi connectivity index (χ3n) is 5.61. The Kier molecular flexibility index (Phi) is 5.44. The summed E-state index contributed by atoms with van der Waals surface area (Å²) in [5.74, 6) is 0.724. The van der Waals surface area contributed by atoms with E-state index in [4.69, 9.17) is 28.2 Å². The van der Waals surface area contributed by atoms with E-state index in [9.17, 15) is 4.79 Å². The number of aromatic nitrogens is 2. The first-order valence-corrected chi connectivity index (χ1v) is 10.3. The molecule has 1 aromatic heterocycles. The van der Waals surface area contributed by atoms with Crippen LogP contribution in [0, 0.1) is 0 Å². The van der Waals surface area contributed by atoms with Crippen LogP contribution < -0.4 is 10.5 Å². The molecule has 0 aliphatic carbocycles. The molecule has 0 unspecified atom stereocenters. The van der Waals surface area contributed by atoms with Crippen LogP contribution in [0.2, 0.25) is 10.0 Å². The molecule has 4 rings (SSSR count). The molecule has 1 aromatic carbocycles. The lowest BCUT2D eigenvalue weighted by Crippen LogP contribution is -2.41. The lowest BCUT2D eigenvalue weighted by molar-refractivity contribution is 0.240. The van der Waals surface area contributed by atoms with E-state index >= 15 is 0 Å². The summed E-state index contributed by atoms with van der Waals surface area (Å²) < 4.78 is 0. The monoisotopic (exact) mass is 406 g/mol. The first-order chi connectivity index (χ1) is 13.0. The van der Waals surface area contributed by atoms with Crippen molar-refractivity contribution in [3.8, 4) is 0 Å². The maximum Gasteiger partial charge on any atom is 0.255 e. The fourth-order valence-electron chi connectivity index (χ4n) is 4.06. The molecule has 1 N–H and O–H groups in total. The van der Waals surface area contributed by atoms with Gasteiger partial charge in [0.15, 0.2) is 0 Å². The molecule has 0 saturated carbocycles. The van der Waals surface area contributed by atoms with Gasteiger partial charge in [0.05, 0.1) is 15.7 Å². The number of hydrogen-bond donors (Lipinski definition) is 1. The summed E-state index contributed by atoms with van der Waals surface area (Å²) in [5, 5.41) is 1.14. The number of nitrogens with zero attached hydrogens (tertiary/aromatic N) is 3. The molecule has 144 valence electrons. The largest absolute Gasteiger partial charge is 0.340 e. The second kappa shape index (κ2) is 7.82. The van der Waals surface area contributed by atoms with Gasteiger partial charge in [-0.15, -0.1) is 0 Å². The number of rotatable bonds is 3. The van der Waals surface area contributed by atoms with E-state index in [0.29, 0.717) is 22.6 Å². The second-order valence-corrected chi connectivity index (χ2v) is 8.38. The minimum absolute atomic E-state index is 0.0157. The maximum atomic E-state index is 12.6. The maximum absolute atomic E-state index is 12.6. The molecule has 3 heterocycles. The summed E-state index contributed by atoms with van der Waals surface area (Å²) in [6, 6.07) is 6.15. The second-order valence-electron chi connectivity index (χ2n) is 7.56. The van der Waals surface area contributed by atoms with E-state index in [2.05, 4.69) is 21.7 Å². The van der Waals surface area contributed by atoms with Crippen LogP contribution >= 0.6 is 23.2 Å². The summed E-state index contributed by atoms with van der Waals surface area (Å²) in [6.07, 6.45) is 4.25. The minimum Gasteiger partial charge on any atom is -0.340 e. The Morgan fingerprint density at radius 3 is 2.85 bits per heavy atom. The van der Waals surface area contributed by atoms with Gasteiger partial charge in [0.1, 0.15) is 0 Å². The van der Waals surface area contributed by atoms with Gasteiger partial charge in [-0.1, -0.05) is 29.3 Å². The van der Waals surface area contributed by atoms with E-state index in [1.165, 1.54) is 6.42 Å². The van der Waals surface area contributed by atoms with Gasteiger partial charge >= 0.3 is 0 Å². The van der Waals surface area contributed by atoms with Crippen LogP contribution in [0.1, 0.15) is 43.0 Å². The van der Waals surface area contributed by atoms with Gasteiger partial charge in [-0.25, -0.2) is 4.98 Å². The zero-order chi connectivity index (χ0) is 19.0. The van der Waals surface area contributed by atoms with E-state index in [0.717, 1.165) is 61.7 Å². The molecule has 1 fully saturated rings. The number of piperidine rings is 1. The van der Waals surface area contributed by atoms with Gasteiger partial charge < -0.3 is 4.90 Å². The topological polar surface area (TPSA) is 52.2 Å². The van der Waals surface area contributed by atoms with Gasteiger partial charge in [0.2, 0.25) is 5.95 Å². The molecule has 0 spiro atoms. The smallest absolute Gasteiger partial charge is 0.255 e. The highest BCUT2D eigenvalue weighted by atomic mass is 35.5. The normalized spacial score (nSPS) is 20.6. The highest BCUT2D eigenvalue weighted by Gasteiger charge is 2.25. The molecule has 1 atom stereocenters. The number of nitrogens with one attached hydrogen (secondary N) is 1. The molecule has 1 saturated heterocycles. The summed E-state index contributed by atoms with van der Waals surface area (Å²) in [6.45, 7) is 5.43. The molecule has 0 amide bonds. The fourth-order valence-corrected chi connectivity index (χ4v) is 4.38. The molecular weight excluding hydrogens is 383 g/mol. The average molecular weight is 407 g/mol. The van der Waals surface area contributed by atoms with Crippen molar-refractivity contribution in [1.29, 1.82) is 0 Å². The molecule has 5 nitrogen and oxygen atoms in total. The summed E-state index contributed by atoms with van der Waals surface area (Å²) in [4.78, 5) is 25.0. The van der Waals surface area contributed by atoms with E-state index in [1.807, 2.05) is 18.2 Å². The number of hydrogen-bond acceptors (Lipinski definition) is 4. The van der Waals surface area contributed by atoms with Crippen LogP contribution in [-0.4, -0.2) is 34.0 Å². The van der Waals surface area contributed by atoms with Gasteiger partial charge in [-0.05, 0) is 50.3 Å². The van der Waals surface area contributed by atoms with Crippen molar-refractivity contribution >= 4 is 29.2 Å². The molecule has 27 heavy (non-hydrogen) atoms. The Morgan fingerprint density at radius 1 is 1.22 bits per heavy atom. The average Bonchev–Trinajstić information content (AvgIpc) is 2.65. The first kappa shape index (κ1) is 18.8. The lowest BCUT2D eigenvalue weighted by Gasteiger charge is -2.35. The minimum atomic E-state index is 0.0157. The lowest BCUT2D eigenvalue weighted by atomic mass is 10.0. The zero-order valence-electron chi connectivity index (χ0n) is 15.5. The fraction of sp³-hybridized carbons (Fsp3) is 0.500. The molecule has 7 heteroatoms. The van der Waals surface area contributed by atoms with Crippen LogP contribution in [0.25, 0.3) is 0 Å². The Balaban J connectivity index is 1.55. The summed E-state index contributed by atoms with van der Waals surface area (Å²) >= 11 is 12.2. The van der Waals surface area contributed by atoms with Gasteiger partial charge in [0, 0.05) is 37.8 Å². The molecule has 0 bridgehead atoms. The number of benzene rings is 1. The molecule has 2 aliphatic rings. The number of fused-ring (bicyclic) bond motifs is 1. The predicted octanol–water partition coefficient (Wildman–Crippen LogP) is 4.01. The van der Waals surface area contributed by atoms with E-state index in [1.54, 1.807) is 0 Å². The highest BCUT2D eigenvalue weighted by molar-refractivity contribution is 6.42. The SMILES string of the molecule is C[C@H]1CCCCN1c1nc2c(c(=O)[nH]1)CCN(Cc1ccc(Cl)c(Cl)c1)C2. The Hall–Kier alpha value is -1.56. The Morgan fingerprint density at radius 2 is 2.07 bits per heavy atom. The third-order valence-corrected chi connectivity index (χ3v) is 6.34. The molecule has 0 radical (unpaired) electrons. The first-order valence-electron chi connectivity index (χ1n) is 9.56. The van der Waals surface area contributed by atoms with Crippen LogP contribution in [0.4, 0.5) is 5.95 Å². The summed E-state index contributed by atoms with van der Waals surface area (Å²) in [5.41, 5.74) is 2.86. The number of H-pyrrole nitrogens is 1. The number of halogens is 2. The van der Waals surface area contributed by atoms with Crippen molar-refractivity contribution in [2.45, 2.75) is 51.7 Å². The Bertz CT molecular complexity index is 898. The van der Waals surface area contributed by atoms with Crippen LogP contribution in [0.5, 0.6) is 0 Å². The van der Waals surface area contributed by atoms with Crippen molar-refractivity contribution in [3.63, 3.8) is 0 Å². The van der Waals surface area contributed by atoms with Crippen molar-refractivity contribution in [2.24, 2.45) is 0 Å². The van der Waals surface area contributed by atoms with Crippen molar-refractivity contribution < 1.29 is 0 Å².